The van der Waals surface area contributed by atoms with Crippen molar-refractivity contribution in [1.29, 1.82) is 0 Å². The zero-order chi connectivity index (χ0) is 28.0. The highest BCUT2D eigenvalue weighted by atomic mass is 19.1. The number of ether oxygens (including phenoxy) is 2. The molecule has 0 unspecified atom stereocenters. The summed E-state index contributed by atoms with van der Waals surface area (Å²) in [6.45, 7) is 2.37. The highest BCUT2D eigenvalue weighted by molar-refractivity contribution is 6.01. The summed E-state index contributed by atoms with van der Waals surface area (Å²) in [5.41, 5.74) is -6.17. The number of carbonyl (C=O) groups is 2. The molecule has 0 bridgehead atoms. The molecule has 0 radical (unpaired) electrons. The number of halogens is 3. The Morgan fingerprint density at radius 1 is 1.23 bits per heavy atom. The lowest BCUT2D eigenvalue weighted by atomic mass is 9.44. The largest absolute Gasteiger partial charge is 0.390 e. The van der Waals surface area contributed by atoms with Gasteiger partial charge in [0.05, 0.1) is 12.2 Å². The van der Waals surface area contributed by atoms with Gasteiger partial charge in [-0.3, -0.25) is 9.59 Å². The van der Waals surface area contributed by atoms with E-state index in [2.05, 4.69) is 0 Å². The molecule has 9 heteroatoms. The number of carbonyl (C=O) groups excluding carboxylic acids is 2. The Morgan fingerprint density at radius 3 is 2.72 bits per heavy atom. The maximum atomic E-state index is 17.4. The number of hydrogen-bond donors (Lipinski definition) is 2. The normalized spacial score (nSPS) is 46.4. The first-order chi connectivity index (χ1) is 18.4. The van der Waals surface area contributed by atoms with E-state index in [-0.39, 0.29) is 24.8 Å². The number of rotatable bonds is 4. The molecule has 1 aromatic carbocycles. The van der Waals surface area contributed by atoms with Gasteiger partial charge in [-0.05, 0) is 73.6 Å². The van der Waals surface area contributed by atoms with Gasteiger partial charge < -0.3 is 19.7 Å². The molecule has 6 rings (SSSR count). The van der Waals surface area contributed by atoms with Crippen molar-refractivity contribution in [3.63, 3.8) is 0 Å². The molecule has 4 aliphatic carbocycles. The fourth-order valence-corrected chi connectivity index (χ4v) is 8.48. The van der Waals surface area contributed by atoms with Crippen LogP contribution in [0.5, 0.6) is 0 Å². The summed E-state index contributed by atoms with van der Waals surface area (Å²) < 4.78 is 59.0. The molecule has 0 aromatic heterocycles. The van der Waals surface area contributed by atoms with Crippen molar-refractivity contribution >= 4 is 17.6 Å². The molecule has 10 atom stereocenters. The minimum Gasteiger partial charge on any atom is -0.390 e. The fraction of sp³-hybridized carbons (Fsp3) is 0.533. The molecule has 1 saturated heterocycles. The molecule has 2 N–H and O–H groups in total. The number of alkyl halides is 2. The van der Waals surface area contributed by atoms with E-state index in [4.69, 9.17) is 9.47 Å². The summed E-state index contributed by atoms with van der Waals surface area (Å²) in [6, 6.07) is 5.87. The molecular weight excluding hydrogens is 513 g/mol. The number of Topliss-reactive ketones (excluding diaryl/α,β-unsaturated/α-hetero) is 1. The Hall–Kier alpha value is -2.59. The molecule has 0 amide bonds. The summed E-state index contributed by atoms with van der Waals surface area (Å²) in [5.74, 6) is -3.13. The van der Waals surface area contributed by atoms with E-state index < -0.39 is 82.6 Å². The van der Waals surface area contributed by atoms with E-state index >= 15 is 8.78 Å². The van der Waals surface area contributed by atoms with Crippen LogP contribution in [0.1, 0.15) is 38.7 Å². The number of ketones is 2. The van der Waals surface area contributed by atoms with Gasteiger partial charge in [-0.2, -0.15) is 0 Å². The van der Waals surface area contributed by atoms with Crippen LogP contribution in [0.2, 0.25) is 0 Å². The van der Waals surface area contributed by atoms with Crippen LogP contribution in [0, 0.1) is 28.5 Å². The van der Waals surface area contributed by atoms with Gasteiger partial charge in [0.15, 0.2) is 29.1 Å². The summed E-state index contributed by atoms with van der Waals surface area (Å²) in [6.07, 6.45) is 1.40. The number of allylic oxidation sites excluding steroid dienone is 4. The van der Waals surface area contributed by atoms with Gasteiger partial charge in [-0.25, -0.2) is 13.2 Å². The van der Waals surface area contributed by atoms with Crippen LogP contribution in [0.15, 0.2) is 54.1 Å². The Kier molecular flexibility index (Phi) is 5.94. The second-order valence-corrected chi connectivity index (χ2v) is 11.9. The number of benzene rings is 1. The minimum absolute atomic E-state index is 0.0193. The van der Waals surface area contributed by atoms with Crippen LogP contribution < -0.4 is 0 Å². The van der Waals surface area contributed by atoms with Crippen molar-refractivity contribution in [1.82, 2.24) is 0 Å². The van der Waals surface area contributed by atoms with Gasteiger partial charge in [0.1, 0.15) is 18.6 Å². The van der Waals surface area contributed by atoms with Gasteiger partial charge in [-0.15, -0.1) is 0 Å². The first-order valence-electron chi connectivity index (χ1n) is 13.3. The predicted molar refractivity (Wildman–Crippen MR) is 134 cm³/mol. The monoisotopic (exact) mass is 544 g/mol. The Balaban J connectivity index is 1.38. The second-order valence-electron chi connectivity index (χ2n) is 11.9. The van der Waals surface area contributed by atoms with E-state index in [1.54, 1.807) is 25.1 Å². The lowest BCUT2D eigenvalue weighted by Gasteiger charge is -2.63. The number of aliphatic hydroxyl groups excluding tert-OH is 2. The van der Waals surface area contributed by atoms with Crippen LogP contribution in [0.3, 0.4) is 0 Å². The maximum Gasteiger partial charge on any atom is 0.193 e. The third-order valence-corrected chi connectivity index (χ3v) is 10.2. The number of hydrogen-bond acceptors (Lipinski definition) is 6. The molecule has 1 aromatic rings. The lowest BCUT2D eigenvalue weighted by molar-refractivity contribution is -0.230. The molecule has 6 nitrogen and oxygen atoms in total. The van der Waals surface area contributed by atoms with Crippen LogP contribution >= 0.6 is 0 Å². The third kappa shape index (κ3) is 3.36. The predicted octanol–water partition coefficient (Wildman–Crippen LogP) is 3.81. The van der Waals surface area contributed by atoms with E-state index in [1.165, 1.54) is 37.3 Å². The minimum atomic E-state index is -2.30. The van der Waals surface area contributed by atoms with Crippen LogP contribution in [-0.2, 0) is 19.1 Å². The van der Waals surface area contributed by atoms with Crippen LogP contribution in [0.25, 0.3) is 6.08 Å². The van der Waals surface area contributed by atoms with Crippen molar-refractivity contribution in [3.05, 3.63) is 65.5 Å². The third-order valence-electron chi connectivity index (χ3n) is 10.2. The molecule has 39 heavy (non-hydrogen) atoms. The molecule has 1 heterocycles. The second kappa shape index (κ2) is 8.70. The van der Waals surface area contributed by atoms with E-state index in [0.717, 1.165) is 6.08 Å². The molecule has 5 aliphatic rings. The van der Waals surface area contributed by atoms with Gasteiger partial charge >= 0.3 is 0 Å². The van der Waals surface area contributed by atoms with E-state index in [0.29, 0.717) is 5.56 Å². The highest BCUT2D eigenvalue weighted by Crippen LogP contribution is 2.72. The van der Waals surface area contributed by atoms with Crippen molar-refractivity contribution in [2.75, 3.05) is 6.61 Å². The number of fused-ring (bicyclic) bond motifs is 7. The van der Waals surface area contributed by atoms with Crippen LogP contribution in [-0.4, -0.2) is 64.3 Å². The number of aliphatic hydroxyl groups is 2. The highest BCUT2D eigenvalue weighted by Gasteiger charge is 2.79. The Morgan fingerprint density at radius 2 is 2.00 bits per heavy atom. The SMILES string of the molecule is C[C@]12C=CC(=O)C=C1[C@@H](F)C[C@H]1[C@@H]3C[C@H]4O[C@@H](/C=C/c5cccc(F)c5)O[C@@]4(C(=O)CO)[C@@]3(C)C[C@H](O)[C@@]12F. The van der Waals surface area contributed by atoms with Gasteiger partial charge in [0.2, 0.25) is 0 Å². The Labute approximate surface area is 224 Å². The summed E-state index contributed by atoms with van der Waals surface area (Å²) in [4.78, 5) is 25.5. The van der Waals surface area contributed by atoms with Gasteiger partial charge in [0.25, 0.3) is 0 Å². The van der Waals surface area contributed by atoms with Crippen molar-refractivity contribution in [2.24, 2.45) is 22.7 Å². The van der Waals surface area contributed by atoms with Crippen molar-refractivity contribution in [2.45, 2.75) is 69.0 Å². The smallest absolute Gasteiger partial charge is 0.193 e. The standard InChI is InChI=1S/C30H31F3O6/c1-27-9-8-18(35)11-21(27)22(32)12-20-19-13-25-30(24(37)15-34,28(19,2)14-23(36)29(20,27)33)39-26(38-25)7-6-16-4-3-5-17(31)10-16/h3-11,19-20,22-23,25-26,34,36H,12-15H2,1-2H3/b7-6+/t19-,20-,22-,23-,25+,26+,27-,28-,29-,30+/m0/s1. The molecule has 3 saturated carbocycles. The first-order valence-corrected chi connectivity index (χ1v) is 13.3. The van der Waals surface area contributed by atoms with Crippen molar-refractivity contribution < 1.29 is 42.4 Å². The molecule has 1 aliphatic heterocycles. The van der Waals surface area contributed by atoms with Gasteiger partial charge in [-0.1, -0.05) is 31.2 Å². The quantitative estimate of drug-likeness (QED) is 0.599. The first kappa shape index (κ1) is 26.6. The molecule has 0 spiro atoms. The molecule has 208 valence electrons. The molecular formula is C30H31F3O6. The Bertz CT molecular complexity index is 1330. The van der Waals surface area contributed by atoms with E-state index in [9.17, 15) is 24.2 Å². The van der Waals surface area contributed by atoms with Crippen LogP contribution in [0.4, 0.5) is 13.2 Å². The average molecular weight is 545 g/mol. The zero-order valence-corrected chi connectivity index (χ0v) is 21.6. The maximum absolute atomic E-state index is 17.4. The summed E-state index contributed by atoms with van der Waals surface area (Å²) in [5, 5.41) is 21.5. The van der Waals surface area contributed by atoms with Crippen molar-refractivity contribution in [3.8, 4) is 0 Å². The van der Waals surface area contributed by atoms with Gasteiger partial charge in [0, 0.05) is 16.7 Å². The lowest BCUT2D eigenvalue weighted by Crippen LogP contribution is -2.70. The zero-order valence-electron chi connectivity index (χ0n) is 21.6. The summed E-state index contributed by atoms with van der Waals surface area (Å²) in [7, 11) is 0. The topological polar surface area (TPSA) is 93.1 Å². The molecule has 4 fully saturated rings. The fourth-order valence-electron chi connectivity index (χ4n) is 8.48. The average Bonchev–Trinajstić information content (AvgIpc) is 3.38. The van der Waals surface area contributed by atoms with E-state index in [1.807, 2.05) is 0 Å². The summed E-state index contributed by atoms with van der Waals surface area (Å²) >= 11 is 0.